The van der Waals surface area contributed by atoms with Crippen LogP contribution in [0.25, 0.3) is 21.6 Å². The summed E-state index contributed by atoms with van der Waals surface area (Å²) in [6, 6.07) is -1.01. The Labute approximate surface area is 219 Å². The van der Waals surface area contributed by atoms with E-state index in [4.69, 9.17) is 26.8 Å². The number of fused-ring (bicyclic) bond motifs is 1. The molecular formula is C16H25Cl2IN10O5. The van der Waals surface area contributed by atoms with Gasteiger partial charge >= 0.3 is 5.97 Å². The lowest BCUT2D eigenvalue weighted by molar-refractivity contribution is -0.138. The van der Waals surface area contributed by atoms with Crippen molar-refractivity contribution in [2.45, 2.75) is 37.0 Å². The molecule has 1 saturated heterocycles. The normalized spacial score (nSPS) is 22.6. The maximum atomic E-state index is 11.0. The summed E-state index contributed by atoms with van der Waals surface area (Å²) in [7, 11) is 0. The molecule has 0 bridgehead atoms. The van der Waals surface area contributed by atoms with E-state index in [2.05, 4.69) is 47.6 Å². The number of nitrogen functional groups attached to an aromatic ring is 1. The molecule has 3 rings (SSSR count). The zero-order valence-electron chi connectivity index (χ0n) is 17.6. The number of carboxylic acid groups (broad SMARTS) is 1. The van der Waals surface area contributed by atoms with Gasteiger partial charge in [-0.1, -0.05) is 22.6 Å². The third-order valence-corrected chi connectivity index (χ3v) is 5.61. The summed E-state index contributed by atoms with van der Waals surface area (Å²) in [6.45, 7) is 1.18. The second-order valence-electron chi connectivity index (χ2n) is 7.17. The monoisotopic (exact) mass is 634 g/mol. The molecule has 3 heterocycles. The largest absolute Gasteiger partial charge is 0.480 e. The number of hydrogen-bond acceptors (Lipinski definition) is 11. The standard InChI is InChI=1S/C16H23IN10O5.2ClH/c17-2-4-26(3-1-7(18)15(30)31)5-8-10(28)11(29)14(32-8)27-13-9(12(19)21-6-22-13)23-16(27)24-25-20;;/h6-8,10-11,14,28-29H,1-5,18H2,(H,30,31)(H2,19,21,22);2*1H/t7-,8+,10+,11+,14+;;/m0../s1. The molecule has 0 unspecified atom stereocenters. The molecule has 0 aliphatic carbocycles. The van der Waals surface area contributed by atoms with Gasteiger partial charge in [0.25, 0.3) is 0 Å². The fourth-order valence-corrected chi connectivity index (χ4v) is 4.15. The summed E-state index contributed by atoms with van der Waals surface area (Å²) >= 11 is 2.18. The number of azide groups is 1. The Morgan fingerprint density at radius 2 is 2.06 bits per heavy atom. The van der Waals surface area contributed by atoms with E-state index in [0.717, 1.165) is 4.43 Å². The van der Waals surface area contributed by atoms with Gasteiger partial charge in [-0.15, -0.1) is 24.8 Å². The number of ether oxygens (including phenoxy) is 1. The molecule has 2 aromatic heterocycles. The topological polar surface area (TPSA) is 235 Å². The van der Waals surface area contributed by atoms with Crippen molar-refractivity contribution in [1.82, 2.24) is 24.4 Å². The molecule has 18 heteroatoms. The predicted molar refractivity (Wildman–Crippen MR) is 135 cm³/mol. The van der Waals surface area contributed by atoms with E-state index in [1.54, 1.807) is 0 Å². The Balaban J connectivity index is 0.00000289. The molecule has 1 aliphatic rings. The van der Waals surface area contributed by atoms with Crippen molar-refractivity contribution in [3.63, 3.8) is 0 Å². The Bertz CT molecular complexity index is 1030. The molecule has 0 spiro atoms. The molecule has 190 valence electrons. The summed E-state index contributed by atoms with van der Waals surface area (Å²) in [5.41, 5.74) is 20.7. The summed E-state index contributed by atoms with van der Waals surface area (Å²) in [6.07, 6.45) is -3.24. The number of imidazole rings is 1. The summed E-state index contributed by atoms with van der Waals surface area (Å²) in [5, 5.41) is 33.9. The first-order valence-corrected chi connectivity index (χ1v) is 11.1. The smallest absolute Gasteiger partial charge is 0.320 e. The lowest BCUT2D eigenvalue weighted by Crippen LogP contribution is -2.43. The molecule has 2 aromatic rings. The summed E-state index contributed by atoms with van der Waals surface area (Å²) < 4.78 is 7.96. The minimum Gasteiger partial charge on any atom is -0.480 e. The van der Waals surface area contributed by atoms with Gasteiger partial charge in [0.2, 0.25) is 5.95 Å². The van der Waals surface area contributed by atoms with Crippen LogP contribution in [0.2, 0.25) is 0 Å². The van der Waals surface area contributed by atoms with E-state index in [0.29, 0.717) is 13.1 Å². The van der Waals surface area contributed by atoms with Crippen LogP contribution in [0.4, 0.5) is 11.8 Å². The third-order valence-electron chi connectivity index (χ3n) is 5.12. The number of aliphatic carboxylic acids is 1. The highest BCUT2D eigenvalue weighted by Crippen LogP contribution is 2.36. The number of nitrogens with zero attached hydrogens (tertiary/aromatic N) is 8. The lowest BCUT2D eigenvalue weighted by Gasteiger charge is -2.26. The minimum atomic E-state index is -1.39. The van der Waals surface area contributed by atoms with Gasteiger partial charge in [-0.05, 0) is 17.1 Å². The van der Waals surface area contributed by atoms with Crippen LogP contribution < -0.4 is 11.5 Å². The summed E-state index contributed by atoms with van der Waals surface area (Å²) in [5.74, 6) is -1.19. The number of nitrogens with two attached hydrogens (primary N) is 2. The van der Waals surface area contributed by atoms with Crippen LogP contribution in [-0.2, 0) is 9.53 Å². The van der Waals surface area contributed by atoms with Gasteiger partial charge in [0.1, 0.15) is 30.7 Å². The third kappa shape index (κ3) is 6.46. The molecule has 7 N–H and O–H groups in total. The van der Waals surface area contributed by atoms with Gasteiger partial charge in [-0.2, -0.15) is 0 Å². The van der Waals surface area contributed by atoms with Crippen molar-refractivity contribution in [1.29, 1.82) is 0 Å². The molecule has 0 aromatic carbocycles. The molecule has 15 nitrogen and oxygen atoms in total. The average molecular weight is 635 g/mol. The summed E-state index contributed by atoms with van der Waals surface area (Å²) in [4.78, 5) is 27.7. The molecule has 1 aliphatic heterocycles. The van der Waals surface area contributed by atoms with Gasteiger partial charge < -0.3 is 31.5 Å². The maximum Gasteiger partial charge on any atom is 0.320 e. The average Bonchev–Trinajstić information content (AvgIpc) is 3.25. The Morgan fingerprint density at radius 3 is 2.68 bits per heavy atom. The number of aliphatic hydroxyl groups is 2. The molecule has 0 saturated carbocycles. The number of carboxylic acids is 1. The number of rotatable bonds is 10. The lowest BCUT2D eigenvalue weighted by atomic mass is 10.1. The highest BCUT2D eigenvalue weighted by molar-refractivity contribution is 14.1. The zero-order valence-corrected chi connectivity index (χ0v) is 21.4. The fourth-order valence-electron chi connectivity index (χ4n) is 3.47. The van der Waals surface area contributed by atoms with E-state index >= 15 is 0 Å². The van der Waals surface area contributed by atoms with Gasteiger partial charge in [-0.3, -0.25) is 14.3 Å². The maximum absolute atomic E-state index is 11.0. The molecule has 0 radical (unpaired) electrons. The molecular weight excluding hydrogens is 610 g/mol. The van der Waals surface area contributed by atoms with E-state index < -0.39 is 36.6 Å². The first kappa shape index (κ1) is 30.3. The van der Waals surface area contributed by atoms with Crippen LogP contribution in [0.5, 0.6) is 0 Å². The Kier molecular flexibility index (Phi) is 11.9. The molecule has 1 fully saturated rings. The van der Waals surface area contributed by atoms with Crippen molar-refractivity contribution >= 4 is 76.3 Å². The highest BCUT2D eigenvalue weighted by atomic mass is 127. The van der Waals surface area contributed by atoms with E-state index in [-0.39, 0.29) is 60.7 Å². The number of alkyl halides is 1. The second-order valence-corrected chi connectivity index (χ2v) is 8.25. The number of aliphatic hydroxyl groups excluding tert-OH is 2. The Hall–Kier alpha value is -1.76. The highest BCUT2D eigenvalue weighted by Gasteiger charge is 2.45. The van der Waals surface area contributed by atoms with E-state index in [1.165, 1.54) is 10.9 Å². The number of carbonyl (C=O) groups is 1. The van der Waals surface area contributed by atoms with E-state index in [1.807, 2.05) is 4.90 Å². The van der Waals surface area contributed by atoms with Crippen LogP contribution in [-0.4, -0.2) is 94.1 Å². The minimum absolute atomic E-state index is 0. The van der Waals surface area contributed by atoms with Crippen molar-refractivity contribution in [3.8, 4) is 0 Å². The number of aromatic nitrogens is 4. The van der Waals surface area contributed by atoms with Crippen LogP contribution >= 0.6 is 47.4 Å². The van der Waals surface area contributed by atoms with E-state index in [9.17, 15) is 15.0 Å². The predicted octanol–water partition coefficient (Wildman–Crippen LogP) is 0.352. The Morgan fingerprint density at radius 1 is 1.35 bits per heavy atom. The molecule has 5 atom stereocenters. The first-order chi connectivity index (χ1) is 15.3. The quantitative estimate of drug-likeness (QED) is 0.0786. The first-order valence-electron chi connectivity index (χ1n) is 9.60. The van der Waals surface area contributed by atoms with Crippen molar-refractivity contribution in [3.05, 3.63) is 16.8 Å². The number of halogens is 3. The number of hydrogen-bond donors (Lipinski definition) is 5. The fraction of sp³-hybridized carbons (Fsp3) is 0.625. The SMILES string of the molecule is Cl.Cl.[N-]=[N+]=Nc1nc2c(N)ncnc2n1[C@@H]1O[C@H](CN(CCI)CC[C@H](N)C(=O)O)[C@@H](O)[C@H]1O. The molecule has 0 amide bonds. The van der Waals surface area contributed by atoms with Crippen LogP contribution in [0.3, 0.4) is 0 Å². The van der Waals surface area contributed by atoms with Crippen molar-refractivity contribution < 1.29 is 24.9 Å². The van der Waals surface area contributed by atoms with Gasteiger partial charge in [0.05, 0.1) is 0 Å². The zero-order chi connectivity index (χ0) is 23.4. The number of anilines is 1. The van der Waals surface area contributed by atoms with Crippen LogP contribution in [0.15, 0.2) is 11.4 Å². The van der Waals surface area contributed by atoms with Gasteiger partial charge in [0.15, 0.2) is 23.2 Å². The van der Waals surface area contributed by atoms with Crippen molar-refractivity contribution in [2.75, 3.05) is 29.8 Å². The van der Waals surface area contributed by atoms with Crippen molar-refractivity contribution in [2.24, 2.45) is 10.8 Å². The molecule has 34 heavy (non-hydrogen) atoms. The second kappa shape index (κ2) is 13.4. The van der Waals surface area contributed by atoms with Crippen LogP contribution in [0, 0.1) is 0 Å². The van der Waals surface area contributed by atoms with Gasteiger partial charge in [0, 0.05) is 29.0 Å². The van der Waals surface area contributed by atoms with Crippen LogP contribution in [0.1, 0.15) is 12.6 Å². The van der Waals surface area contributed by atoms with Gasteiger partial charge in [-0.25, -0.2) is 15.0 Å².